The lowest BCUT2D eigenvalue weighted by molar-refractivity contribution is -0.124. The van der Waals surface area contributed by atoms with Gasteiger partial charge in [-0.15, -0.1) is 0 Å². The molecule has 8 heavy (non-hydrogen) atoms. The van der Waals surface area contributed by atoms with Crippen molar-refractivity contribution >= 4 is 6.41 Å². The molecule has 0 aromatic heterocycles. The molecule has 0 heterocycles. The highest BCUT2D eigenvalue weighted by Crippen LogP contribution is 1.90. The van der Waals surface area contributed by atoms with Gasteiger partial charge in [-0.1, -0.05) is 6.92 Å². The van der Waals surface area contributed by atoms with Crippen LogP contribution in [0.5, 0.6) is 0 Å². The second-order valence-electron chi connectivity index (χ2n) is 1.57. The maximum absolute atomic E-state index is 9.59. The standard InChI is InChI=1S/C5H11NO2/c1-3-5(2)8-6-4-7/h4-5H,3H2,1-2H3,(H,6,7). The van der Waals surface area contributed by atoms with Crippen molar-refractivity contribution in [2.75, 3.05) is 0 Å². The van der Waals surface area contributed by atoms with E-state index >= 15 is 0 Å². The molecule has 0 aliphatic heterocycles. The maximum Gasteiger partial charge on any atom is 0.230 e. The van der Waals surface area contributed by atoms with Crippen molar-refractivity contribution in [2.45, 2.75) is 26.4 Å². The van der Waals surface area contributed by atoms with Crippen LogP contribution in [0.2, 0.25) is 0 Å². The van der Waals surface area contributed by atoms with E-state index < -0.39 is 0 Å². The third-order valence-corrected chi connectivity index (χ3v) is 0.892. The quantitative estimate of drug-likeness (QED) is 0.429. The van der Waals surface area contributed by atoms with Crippen LogP contribution in [0.25, 0.3) is 0 Å². The topological polar surface area (TPSA) is 38.3 Å². The van der Waals surface area contributed by atoms with Crippen LogP contribution in [0.3, 0.4) is 0 Å². The molecule has 1 unspecified atom stereocenters. The molecule has 0 saturated heterocycles. The molecule has 1 atom stereocenters. The third kappa shape index (κ3) is 3.61. The smallest absolute Gasteiger partial charge is 0.230 e. The second-order valence-corrected chi connectivity index (χ2v) is 1.57. The average Bonchev–Trinajstić information content (AvgIpc) is 1.83. The Balaban J connectivity index is 2.97. The zero-order valence-corrected chi connectivity index (χ0v) is 5.18. The molecule has 48 valence electrons. The van der Waals surface area contributed by atoms with Gasteiger partial charge < -0.3 is 0 Å². The van der Waals surface area contributed by atoms with E-state index in [-0.39, 0.29) is 6.10 Å². The van der Waals surface area contributed by atoms with Gasteiger partial charge in [0.1, 0.15) is 0 Å². The van der Waals surface area contributed by atoms with Crippen LogP contribution in [-0.2, 0) is 9.63 Å². The first-order chi connectivity index (χ1) is 3.81. The zero-order chi connectivity index (χ0) is 6.41. The Bertz CT molecular complexity index is 65.4. The molecular formula is C5H11NO2. The lowest BCUT2D eigenvalue weighted by atomic mass is 10.3. The first-order valence-corrected chi connectivity index (χ1v) is 2.66. The average molecular weight is 117 g/mol. The van der Waals surface area contributed by atoms with Crippen LogP contribution in [-0.4, -0.2) is 12.5 Å². The fourth-order valence-electron chi connectivity index (χ4n) is 0.227. The van der Waals surface area contributed by atoms with Crippen molar-refractivity contribution in [3.8, 4) is 0 Å². The van der Waals surface area contributed by atoms with E-state index in [4.69, 9.17) is 4.84 Å². The minimum absolute atomic E-state index is 0.111. The fraction of sp³-hybridized carbons (Fsp3) is 0.800. The third-order valence-electron chi connectivity index (χ3n) is 0.892. The predicted octanol–water partition coefficient (Wildman–Crippen LogP) is 0.462. The van der Waals surface area contributed by atoms with Crippen LogP contribution in [0.15, 0.2) is 0 Å². The second kappa shape index (κ2) is 4.59. The first-order valence-electron chi connectivity index (χ1n) is 2.66. The summed E-state index contributed by atoms with van der Waals surface area (Å²) >= 11 is 0. The van der Waals surface area contributed by atoms with E-state index in [0.29, 0.717) is 6.41 Å². The van der Waals surface area contributed by atoms with E-state index in [9.17, 15) is 4.79 Å². The molecule has 0 spiro atoms. The molecule has 0 rings (SSSR count). The van der Waals surface area contributed by atoms with Gasteiger partial charge in [-0.2, -0.15) is 0 Å². The molecule has 3 nitrogen and oxygen atoms in total. The lowest BCUT2D eigenvalue weighted by Crippen LogP contribution is -2.19. The first kappa shape index (κ1) is 7.43. The summed E-state index contributed by atoms with van der Waals surface area (Å²) in [7, 11) is 0. The number of nitrogens with one attached hydrogen (secondary N) is 1. The molecule has 0 fully saturated rings. The van der Waals surface area contributed by atoms with Gasteiger partial charge in [0.15, 0.2) is 0 Å². The predicted molar refractivity (Wildman–Crippen MR) is 30.0 cm³/mol. The Morgan fingerprint density at radius 1 is 1.88 bits per heavy atom. The summed E-state index contributed by atoms with van der Waals surface area (Å²) in [5, 5.41) is 0. The summed E-state index contributed by atoms with van der Waals surface area (Å²) < 4.78 is 0. The van der Waals surface area contributed by atoms with Gasteiger partial charge in [-0.3, -0.25) is 9.63 Å². The Labute approximate surface area is 49.0 Å². The molecule has 0 aromatic carbocycles. The van der Waals surface area contributed by atoms with Crippen LogP contribution < -0.4 is 5.48 Å². The number of hydroxylamine groups is 1. The lowest BCUT2D eigenvalue weighted by Gasteiger charge is -2.05. The molecule has 0 saturated carbocycles. The number of hydrogen-bond donors (Lipinski definition) is 1. The SMILES string of the molecule is CCC(C)ONC=O. The summed E-state index contributed by atoms with van der Waals surface area (Å²) in [4.78, 5) is 14.3. The van der Waals surface area contributed by atoms with E-state index in [1.807, 2.05) is 13.8 Å². The molecular weight excluding hydrogens is 106 g/mol. The van der Waals surface area contributed by atoms with E-state index in [2.05, 4.69) is 5.48 Å². The minimum Gasteiger partial charge on any atom is -0.277 e. The fourth-order valence-corrected chi connectivity index (χ4v) is 0.227. The van der Waals surface area contributed by atoms with Crippen molar-refractivity contribution in [1.82, 2.24) is 5.48 Å². The van der Waals surface area contributed by atoms with E-state index in [1.165, 1.54) is 0 Å². The Morgan fingerprint density at radius 3 is 2.88 bits per heavy atom. The van der Waals surface area contributed by atoms with Gasteiger partial charge in [-0.25, -0.2) is 5.48 Å². The number of amides is 1. The van der Waals surface area contributed by atoms with Crippen LogP contribution in [0.1, 0.15) is 20.3 Å². The number of hydrogen-bond acceptors (Lipinski definition) is 2. The number of carbonyl (C=O) groups excluding carboxylic acids is 1. The monoisotopic (exact) mass is 117 g/mol. The molecule has 0 bridgehead atoms. The Kier molecular flexibility index (Phi) is 4.26. The summed E-state index contributed by atoms with van der Waals surface area (Å²) in [5.74, 6) is 0. The van der Waals surface area contributed by atoms with Crippen molar-refractivity contribution in [1.29, 1.82) is 0 Å². The minimum atomic E-state index is 0.111. The zero-order valence-electron chi connectivity index (χ0n) is 5.18. The normalized spacial score (nSPS) is 12.8. The summed E-state index contributed by atoms with van der Waals surface area (Å²) in [6.45, 7) is 3.87. The van der Waals surface area contributed by atoms with Crippen LogP contribution in [0, 0.1) is 0 Å². The number of carbonyl (C=O) groups is 1. The number of rotatable bonds is 4. The molecule has 0 radical (unpaired) electrons. The molecule has 3 heteroatoms. The van der Waals surface area contributed by atoms with Gasteiger partial charge in [0, 0.05) is 0 Å². The highest BCUT2D eigenvalue weighted by Gasteiger charge is 1.93. The van der Waals surface area contributed by atoms with Crippen molar-refractivity contribution in [2.24, 2.45) is 0 Å². The van der Waals surface area contributed by atoms with Crippen LogP contribution >= 0.6 is 0 Å². The molecule has 1 amide bonds. The van der Waals surface area contributed by atoms with E-state index in [1.54, 1.807) is 0 Å². The summed E-state index contributed by atoms with van der Waals surface area (Å²) in [6, 6.07) is 0. The highest BCUT2D eigenvalue weighted by atomic mass is 16.7. The molecule has 0 aliphatic carbocycles. The Hall–Kier alpha value is -0.570. The maximum atomic E-state index is 9.59. The van der Waals surface area contributed by atoms with Gasteiger partial charge in [0.25, 0.3) is 0 Å². The van der Waals surface area contributed by atoms with Crippen LogP contribution in [0.4, 0.5) is 0 Å². The van der Waals surface area contributed by atoms with Gasteiger partial charge >= 0.3 is 0 Å². The van der Waals surface area contributed by atoms with Gasteiger partial charge in [-0.05, 0) is 13.3 Å². The van der Waals surface area contributed by atoms with Crippen molar-refractivity contribution in [3.63, 3.8) is 0 Å². The largest absolute Gasteiger partial charge is 0.277 e. The highest BCUT2D eigenvalue weighted by molar-refractivity contribution is 5.43. The summed E-state index contributed by atoms with van der Waals surface area (Å²) in [5.41, 5.74) is 2.12. The van der Waals surface area contributed by atoms with Crippen molar-refractivity contribution in [3.05, 3.63) is 0 Å². The molecule has 0 aromatic rings. The Morgan fingerprint density at radius 2 is 2.50 bits per heavy atom. The van der Waals surface area contributed by atoms with Crippen molar-refractivity contribution < 1.29 is 9.63 Å². The van der Waals surface area contributed by atoms with Gasteiger partial charge in [0.05, 0.1) is 6.10 Å². The van der Waals surface area contributed by atoms with Gasteiger partial charge in [0.2, 0.25) is 6.41 Å². The molecule has 1 N–H and O–H groups in total. The van der Waals surface area contributed by atoms with E-state index in [0.717, 1.165) is 6.42 Å². The molecule has 0 aliphatic rings. The summed E-state index contributed by atoms with van der Waals surface area (Å²) in [6.07, 6.45) is 1.53.